The normalized spacial score (nSPS) is 15.1. The number of benzene rings is 2. The number of rotatable bonds is 6. The van der Waals surface area contributed by atoms with Crippen LogP contribution in [0.15, 0.2) is 72.3 Å². The maximum absolute atomic E-state index is 12.6. The van der Waals surface area contributed by atoms with Gasteiger partial charge >= 0.3 is 0 Å². The van der Waals surface area contributed by atoms with Crippen LogP contribution in [0.3, 0.4) is 0 Å². The van der Waals surface area contributed by atoms with Crippen molar-refractivity contribution in [3.63, 3.8) is 0 Å². The van der Waals surface area contributed by atoms with Crippen LogP contribution in [0.4, 0.5) is 10.5 Å². The molecule has 0 atom stereocenters. The number of hydrogen-bond acceptors (Lipinski definition) is 4. The number of carbonyl (C=O) groups excluding carboxylic acids is 3. The highest BCUT2D eigenvalue weighted by Crippen LogP contribution is 2.34. The number of carbonyl (C=O) groups is 3. The van der Waals surface area contributed by atoms with E-state index < -0.39 is 0 Å². The highest BCUT2D eigenvalue weighted by atomic mass is 32.2. The first-order valence-electron chi connectivity index (χ1n) is 9.77. The number of nitrogens with zero attached hydrogens (tertiary/aromatic N) is 2. The maximum atomic E-state index is 12.6. The zero-order chi connectivity index (χ0) is 22.0. The maximum Gasteiger partial charge on any atom is 0.293 e. The number of hydrogen-bond donors (Lipinski definition) is 1. The fourth-order valence-corrected chi connectivity index (χ4v) is 4.28. The van der Waals surface area contributed by atoms with E-state index in [1.165, 1.54) is 6.08 Å². The molecule has 0 saturated carbocycles. The molecule has 0 spiro atoms. The van der Waals surface area contributed by atoms with E-state index in [-0.39, 0.29) is 30.1 Å². The molecule has 1 aliphatic rings. The van der Waals surface area contributed by atoms with Crippen LogP contribution in [0.25, 0.3) is 17.0 Å². The van der Waals surface area contributed by atoms with Crippen molar-refractivity contribution in [2.75, 3.05) is 11.9 Å². The fraction of sp³-hybridized carbons (Fsp3) is 0.125. The third-order valence-electron chi connectivity index (χ3n) is 4.94. The van der Waals surface area contributed by atoms with Gasteiger partial charge in [-0.25, -0.2) is 0 Å². The molecule has 1 aliphatic heterocycles. The van der Waals surface area contributed by atoms with Crippen molar-refractivity contribution >= 4 is 51.5 Å². The van der Waals surface area contributed by atoms with Crippen LogP contribution >= 0.6 is 11.8 Å². The minimum Gasteiger partial charge on any atom is -0.337 e. The zero-order valence-corrected chi connectivity index (χ0v) is 17.8. The van der Waals surface area contributed by atoms with Crippen LogP contribution < -0.4 is 5.32 Å². The Bertz CT molecular complexity index is 1220. The topological polar surface area (TPSA) is 71.4 Å². The molecule has 156 valence electrons. The number of fused-ring (bicyclic) bond motifs is 1. The molecule has 2 heterocycles. The van der Waals surface area contributed by atoms with E-state index in [1.807, 2.05) is 66.2 Å². The number of aryl methyl sites for hydroxylation is 1. The van der Waals surface area contributed by atoms with E-state index >= 15 is 0 Å². The molecule has 4 rings (SSSR count). The van der Waals surface area contributed by atoms with Gasteiger partial charge in [-0.1, -0.05) is 42.0 Å². The van der Waals surface area contributed by atoms with Crippen molar-refractivity contribution in [3.8, 4) is 0 Å². The van der Waals surface area contributed by atoms with Gasteiger partial charge in [-0.2, -0.15) is 0 Å². The van der Waals surface area contributed by atoms with Gasteiger partial charge in [-0.3, -0.25) is 19.3 Å². The van der Waals surface area contributed by atoms with E-state index in [2.05, 4.69) is 11.9 Å². The molecule has 1 fully saturated rings. The van der Waals surface area contributed by atoms with Gasteiger partial charge in [-0.05, 0) is 43.0 Å². The Balaban J connectivity index is 1.61. The number of para-hydroxylation sites is 1. The number of amides is 3. The van der Waals surface area contributed by atoms with Crippen molar-refractivity contribution in [1.82, 2.24) is 9.47 Å². The second-order valence-electron chi connectivity index (χ2n) is 7.22. The Morgan fingerprint density at radius 2 is 1.87 bits per heavy atom. The molecule has 0 radical (unpaired) electrons. The van der Waals surface area contributed by atoms with Gasteiger partial charge < -0.3 is 9.88 Å². The summed E-state index contributed by atoms with van der Waals surface area (Å²) in [5, 5.41) is 3.50. The van der Waals surface area contributed by atoms with Crippen LogP contribution in [0.5, 0.6) is 0 Å². The second kappa shape index (κ2) is 8.65. The lowest BCUT2D eigenvalue weighted by molar-refractivity contribution is -0.122. The molecule has 3 aromatic rings. The lowest BCUT2D eigenvalue weighted by Crippen LogP contribution is -2.27. The van der Waals surface area contributed by atoms with Crippen LogP contribution in [0, 0.1) is 6.92 Å². The standard InChI is InChI=1S/C24H21N3O3S/c1-3-12-27-23(29)21(31-24(27)30)13-17-14-26(20-7-5-4-6-19(17)20)15-22(28)25-18-10-8-16(2)9-11-18/h3-11,13-14H,1,12,15H2,2H3,(H,25,28)/b21-13+. The molecule has 1 saturated heterocycles. The lowest BCUT2D eigenvalue weighted by atomic mass is 10.1. The van der Waals surface area contributed by atoms with Gasteiger partial charge in [0.2, 0.25) is 5.91 Å². The minimum atomic E-state index is -0.330. The summed E-state index contributed by atoms with van der Waals surface area (Å²) in [6.07, 6.45) is 5.07. The Morgan fingerprint density at radius 1 is 1.13 bits per heavy atom. The molecule has 6 nitrogen and oxygen atoms in total. The summed E-state index contributed by atoms with van der Waals surface area (Å²) in [5.41, 5.74) is 3.51. The van der Waals surface area contributed by atoms with Gasteiger partial charge in [-0.15, -0.1) is 6.58 Å². The number of imide groups is 1. The first kappa shape index (κ1) is 20.7. The van der Waals surface area contributed by atoms with E-state index in [0.717, 1.165) is 44.4 Å². The summed E-state index contributed by atoms with van der Waals surface area (Å²) >= 11 is 0.913. The summed E-state index contributed by atoms with van der Waals surface area (Å²) in [6.45, 7) is 5.89. The summed E-state index contributed by atoms with van der Waals surface area (Å²) in [6, 6.07) is 15.3. The van der Waals surface area contributed by atoms with Gasteiger partial charge in [0.25, 0.3) is 11.1 Å². The molecule has 3 amide bonds. The smallest absolute Gasteiger partial charge is 0.293 e. The molecule has 1 N–H and O–H groups in total. The Hall–Kier alpha value is -3.58. The SMILES string of the molecule is C=CCN1C(=O)S/C(=C/c2cn(CC(=O)Nc3ccc(C)cc3)c3ccccc23)C1=O. The second-order valence-corrected chi connectivity index (χ2v) is 8.22. The summed E-state index contributed by atoms with van der Waals surface area (Å²) in [7, 11) is 0. The summed E-state index contributed by atoms with van der Waals surface area (Å²) < 4.78 is 1.85. The average molecular weight is 432 g/mol. The number of anilines is 1. The minimum absolute atomic E-state index is 0.125. The van der Waals surface area contributed by atoms with Gasteiger partial charge in [0.1, 0.15) is 6.54 Å². The largest absolute Gasteiger partial charge is 0.337 e. The number of thioether (sulfide) groups is 1. The van der Waals surface area contributed by atoms with Crippen molar-refractivity contribution in [2.24, 2.45) is 0 Å². The zero-order valence-electron chi connectivity index (χ0n) is 17.0. The molecule has 1 aromatic heterocycles. The van der Waals surface area contributed by atoms with Gasteiger partial charge in [0.05, 0.1) is 4.91 Å². The predicted octanol–water partition coefficient (Wildman–Crippen LogP) is 4.81. The first-order chi connectivity index (χ1) is 15.0. The molecule has 0 aliphatic carbocycles. The Morgan fingerprint density at radius 3 is 2.61 bits per heavy atom. The molecule has 0 unspecified atom stereocenters. The van der Waals surface area contributed by atoms with E-state index in [1.54, 1.807) is 6.08 Å². The molecular weight excluding hydrogens is 410 g/mol. The number of nitrogens with one attached hydrogen (secondary N) is 1. The van der Waals surface area contributed by atoms with Crippen LogP contribution in [-0.4, -0.2) is 33.1 Å². The van der Waals surface area contributed by atoms with Gasteiger partial charge in [0, 0.05) is 34.9 Å². The van der Waals surface area contributed by atoms with Crippen molar-refractivity contribution < 1.29 is 14.4 Å². The third-order valence-corrected chi connectivity index (χ3v) is 5.85. The molecule has 0 bridgehead atoms. The summed E-state index contributed by atoms with van der Waals surface area (Å²) in [4.78, 5) is 38.8. The van der Waals surface area contributed by atoms with Crippen molar-refractivity contribution in [1.29, 1.82) is 0 Å². The lowest BCUT2D eigenvalue weighted by Gasteiger charge is -2.07. The van der Waals surface area contributed by atoms with Crippen LogP contribution in [-0.2, 0) is 16.1 Å². The fourth-order valence-electron chi connectivity index (χ4n) is 3.44. The van der Waals surface area contributed by atoms with Crippen molar-refractivity contribution in [3.05, 3.63) is 83.4 Å². The van der Waals surface area contributed by atoms with Crippen LogP contribution in [0.2, 0.25) is 0 Å². The number of aromatic nitrogens is 1. The highest BCUT2D eigenvalue weighted by molar-refractivity contribution is 8.18. The average Bonchev–Trinajstić information content (AvgIpc) is 3.22. The first-order valence-corrected chi connectivity index (χ1v) is 10.6. The van der Waals surface area contributed by atoms with E-state index in [9.17, 15) is 14.4 Å². The van der Waals surface area contributed by atoms with Crippen LogP contribution in [0.1, 0.15) is 11.1 Å². The third kappa shape index (κ3) is 4.32. The predicted molar refractivity (Wildman–Crippen MR) is 125 cm³/mol. The molecular formula is C24H21N3O3S. The monoisotopic (exact) mass is 431 g/mol. The van der Waals surface area contributed by atoms with Gasteiger partial charge in [0.15, 0.2) is 0 Å². The van der Waals surface area contributed by atoms with Crippen molar-refractivity contribution in [2.45, 2.75) is 13.5 Å². The molecule has 2 aromatic carbocycles. The molecule has 31 heavy (non-hydrogen) atoms. The summed E-state index contributed by atoms with van der Waals surface area (Å²) in [5.74, 6) is -0.480. The Labute approximate surface area is 184 Å². The van der Waals surface area contributed by atoms with E-state index in [4.69, 9.17) is 0 Å². The molecule has 7 heteroatoms. The quantitative estimate of drug-likeness (QED) is 0.449. The highest BCUT2D eigenvalue weighted by Gasteiger charge is 2.34. The Kier molecular flexibility index (Phi) is 5.77. The van der Waals surface area contributed by atoms with E-state index in [0.29, 0.717) is 4.91 Å².